The van der Waals surface area contributed by atoms with Crippen LogP contribution in [0.1, 0.15) is 37.0 Å². The predicted octanol–water partition coefficient (Wildman–Crippen LogP) is 4.23. The molecule has 0 radical (unpaired) electrons. The van der Waals surface area contributed by atoms with Crippen molar-refractivity contribution in [2.45, 2.75) is 38.8 Å². The summed E-state index contributed by atoms with van der Waals surface area (Å²) < 4.78 is 2.12. The third-order valence-electron chi connectivity index (χ3n) is 6.61. The van der Waals surface area contributed by atoms with Crippen LogP contribution in [0.3, 0.4) is 0 Å². The molecule has 3 aromatic rings. The summed E-state index contributed by atoms with van der Waals surface area (Å²) in [6.07, 6.45) is 1.85. The van der Waals surface area contributed by atoms with Gasteiger partial charge < -0.3 is 9.88 Å². The molecule has 1 saturated carbocycles. The summed E-state index contributed by atoms with van der Waals surface area (Å²) in [5, 5.41) is 3.67. The van der Waals surface area contributed by atoms with Gasteiger partial charge in [-0.05, 0) is 44.2 Å². The molecule has 1 saturated heterocycles. The number of para-hydroxylation sites is 1. The highest BCUT2D eigenvalue weighted by Gasteiger charge is 2.56. The van der Waals surface area contributed by atoms with Gasteiger partial charge in [0.2, 0.25) is 0 Å². The highest BCUT2D eigenvalue weighted by molar-refractivity contribution is 6.17. The van der Waals surface area contributed by atoms with Gasteiger partial charge in [-0.25, -0.2) is 4.79 Å². The number of nitrogens with one attached hydrogen (secondary N) is 1. The van der Waals surface area contributed by atoms with Gasteiger partial charge in [-0.2, -0.15) is 0 Å². The van der Waals surface area contributed by atoms with Crippen LogP contribution in [0.4, 0.5) is 4.79 Å². The molecule has 3 amide bonds. The molecule has 0 bridgehead atoms. The molecular weight excluding hydrogens is 390 g/mol. The lowest BCUT2D eigenvalue weighted by Gasteiger charge is -2.20. The van der Waals surface area contributed by atoms with Gasteiger partial charge in [0.1, 0.15) is 5.54 Å². The lowest BCUT2D eigenvalue weighted by molar-refractivity contribution is -0.131. The van der Waals surface area contributed by atoms with Gasteiger partial charge in [-0.15, -0.1) is 0 Å². The van der Waals surface area contributed by atoms with Crippen molar-refractivity contribution >= 4 is 28.6 Å². The summed E-state index contributed by atoms with van der Waals surface area (Å²) in [6.45, 7) is 4.25. The summed E-state index contributed by atoms with van der Waals surface area (Å²) in [5.74, 6) is -0.370. The maximum atomic E-state index is 13.6. The van der Waals surface area contributed by atoms with Gasteiger partial charge in [0.25, 0.3) is 5.91 Å². The van der Waals surface area contributed by atoms with Crippen molar-refractivity contribution < 1.29 is 14.4 Å². The van der Waals surface area contributed by atoms with Gasteiger partial charge in [-0.1, -0.05) is 48.5 Å². The van der Waals surface area contributed by atoms with Crippen LogP contribution >= 0.6 is 0 Å². The molecule has 2 aromatic carbocycles. The number of urea groups is 1. The van der Waals surface area contributed by atoms with Crippen LogP contribution in [-0.4, -0.2) is 39.3 Å². The number of imide groups is 1. The SMILES string of the molecule is CCn1c(-c2ccccc2)c(C(=O)CN2C(=O)N[C@@](C)(C3CC3)C2=O)c2ccccc21. The van der Waals surface area contributed by atoms with Crippen molar-refractivity contribution in [3.63, 3.8) is 0 Å². The number of carbonyl (C=O) groups excluding carboxylic acids is 3. The number of carbonyl (C=O) groups is 3. The predicted molar refractivity (Wildman–Crippen MR) is 119 cm³/mol. The van der Waals surface area contributed by atoms with Gasteiger partial charge in [0.15, 0.2) is 5.78 Å². The molecule has 6 nitrogen and oxygen atoms in total. The molecule has 2 fully saturated rings. The topological polar surface area (TPSA) is 71.4 Å². The summed E-state index contributed by atoms with van der Waals surface area (Å²) >= 11 is 0. The first-order valence-electron chi connectivity index (χ1n) is 10.8. The van der Waals surface area contributed by atoms with Crippen LogP contribution in [0.15, 0.2) is 54.6 Å². The Labute approximate surface area is 180 Å². The number of ketones is 1. The third-order valence-corrected chi connectivity index (χ3v) is 6.61. The van der Waals surface area contributed by atoms with Gasteiger partial charge in [-0.3, -0.25) is 14.5 Å². The normalized spacial score (nSPS) is 21.0. The number of hydrogen-bond acceptors (Lipinski definition) is 3. The van der Waals surface area contributed by atoms with Crippen molar-refractivity contribution in [3.05, 3.63) is 60.2 Å². The lowest BCUT2D eigenvalue weighted by atomic mass is 9.96. The first-order valence-corrected chi connectivity index (χ1v) is 10.8. The number of aryl methyl sites for hydroxylation is 1. The summed E-state index contributed by atoms with van der Waals surface area (Å²) in [4.78, 5) is 40.4. The zero-order valence-electron chi connectivity index (χ0n) is 17.7. The smallest absolute Gasteiger partial charge is 0.325 e. The molecule has 2 heterocycles. The number of hydrogen-bond donors (Lipinski definition) is 1. The second-order valence-corrected chi connectivity index (χ2v) is 8.57. The molecule has 31 heavy (non-hydrogen) atoms. The largest absolute Gasteiger partial charge is 0.340 e. The molecule has 2 aliphatic rings. The van der Waals surface area contributed by atoms with Crippen LogP contribution in [0.25, 0.3) is 22.2 Å². The van der Waals surface area contributed by atoms with Gasteiger partial charge in [0.05, 0.1) is 17.8 Å². The van der Waals surface area contributed by atoms with E-state index in [0.29, 0.717) is 12.1 Å². The summed E-state index contributed by atoms with van der Waals surface area (Å²) in [5.41, 5.74) is 2.39. The average molecular weight is 415 g/mol. The van der Waals surface area contributed by atoms with E-state index in [0.717, 1.165) is 39.9 Å². The van der Waals surface area contributed by atoms with Crippen LogP contribution < -0.4 is 5.32 Å². The number of amides is 3. The Morgan fingerprint density at radius 2 is 1.74 bits per heavy atom. The van der Waals surface area contributed by atoms with E-state index in [1.54, 1.807) is 6.92 Å². The zero-order chi connectivity index (χ0) is 21.8. The maximum Gasteiger partial charge on any atom is 0.325 e. The fourth-order valence-electron chi connectivity index (χ4n) is 4.83. The molecule has 1 aliphatic heterocycles. The van der Waals surface area contributed by atoms with Crippen molar-refractivity contribution in [1.82, 2.24) is 14.8 Å². The van der Waals surface area contributed by atoms with E-state index in [4.69, 9.17) is 0 Å². The fraction of sp³-hybridized carbons (Fsp3) is 0.320. The fourth-order valence-corrected chi connectivity index (χ4v) is 4.83. The molecule has 1 atom stereocenters. The number of benzene rings is 2. The molecule has 1 N–H and O–H groups in total. The van der Waals surface area contributed by atoms with E-state index in [9.17, 15) is 14.4 Å². The monoisotopic (exact) mass is 415 g/mol. The highest BCUT2D eigenvalue weighted by Crippen LogP contribution is 2.43. The minimum Gasteiger partial charge on any atom is -0.340 e. The van der Waals surface area contributed by atoms with Crippen LogP contribution in [0.5, 0.6) is 0 Å². The van der Waals surface area contributed by atoms with E-state index < -0.39 is 11.6 Å². The Morgan fingerprint density at radius 3 is 2.42 bits per heavy atom. The first-order chi connectivity index (χ1) is 15.0. The van der Waals surface area contributed by atoms with E-state index in [2.05, 4.69) is 9.88 Å². The average Bonchev–Trinajstić information content (AvgIpc) is 3.55. The van der Waals surface area contributed by atoms with Gasteiger partial charge >= 0.3 is 6.03 Å². The lowest BCUT2D eigenvalue weighted by Crippen LogP contribution is -2.46. The van der Waals surface area contributed by atoms with Crippen LogP contribution in [0, 0.1) is 5.92 Å². The van der Waals surface area contributed by atoms with Crippen molar-refractivity contribution in [1.29, 1.82) is 0 Å². The number of Topliss-reactive ketones (excluding diaryl/α,β-unsaturated/α-hetero) is 1. The van der Waals surface area contributed by atoms with Crippen LogP contribution in [0.2, 0.25) is 0 Å². The third kappa shape index (κ3) is 2.97. The highest BCUT2D eigenvalue weighted by atomic mass is 16.2. The number of aromatic nitrogens is 1. The van der Waals surface area contributed by atoms with E-state index in [-0.39, 0.29) is 24.2 Å². The maximum absolute atomic E-state index is 13.6. The Kier molecular flexibility index (Phi) is 4.46. The Hall–Kier alpha value is -3.41. The second kappa shape index (κ2) is 7.08. The molecule has 0 unspecified atom stereocenters. The van der Waals surface area contributed by atoms with Gasteiger partial charge in [0, 0.05) is 17.4 Å². The molecule has 0 spiro atoms. The molecular formula is C25H25N3O3. The Morgan fingerprint density at radius 1 is 1.06 bits per heavy atom. The molecule has 158 valence electrons. The van der Waals surface area contributed by atoms with E-state index >= 15 is 0 Å². The standard InChI is InChI=1S/C25H25N3O3/c1-3-27-19-12-8-7-11-18(19)21(22(27)16-9-5-4-6-10-16)20(29)15-28-23(30)25(2,17-13-14-17)26-24(28)31/h4-12,17H,3,13-15H2,1-2H3,(H,26,31)/t25-/m0/s1. The molecule has 1 aromatic heterocycles. The Balaban J connectivity index is 1.59. The minimum atomic E-state index is -0.892. The molecule has 1 aliphatic carbocycles. The number of nitrogens with zero attached hydrogens (tertiary/aromatic N) is 2. The number of fused-ring (bicyclic) bond motifs is 1. The Bertz CT molecular complexity index is 1210. The van der Waals surface area contributed by atoms with Crippen molar-refractivity contribution in [3.8, 4) is 11.3 Å². The second-order valence-electron chi connectivity index (χ2n) is 8.57. The quantitative estimate of drug-likeness (QED) is 0.484. The summed E-state index contributed by atoms with van der Waals surface area (Å²) in [6, 6.07) is 17.1. The summed E-state index contributed by atoms with van der Waals surface area (Å²) in [7, 11) is 0. The molecule has 6 heteroatoms. The van der Waals surface area contributed by atoms with Crippen molar-refractivity contribution in [2.24, 2.45) is 5.92 Å². The first kappa shape index (κ1) is 19.5. The van der Waals surface area contributed by atoms with Crippen LogP contribution in [-0.2, 0) is 11.3 Å². The minimum absolute atomic E-state index is 0.158. The number of rotatable bonds is 6. The van der Waals surface area contributed by atoms with E-state index in [1.165, 1.54) is 0 Å². The van der Waals surface area contributed by atoms with E-state index in [1.807, 2.05) is 61.5 Å². The zero-order valence-corrected chi connectivity index (χ0v) is 17.7. The molecule has 5 rings (SSSR count). The van der Waals surface area contributed by atoms with Crippen molar-refractivity contribution in [2.75, 3.05) is 6.54 Å².